The van der Waals surface area contributed by atoms with Gasteiger partial charge in [-0.25, -0.2) is 0 Å². The van der Waals surface area contributed by atoms with E-state index in [1.54, 1.807) is 36.5 Å². The van der Waals surface area contributed by atoms with E-state index in [-0.39, 0.29) is 11.6 Å². The van der Waals surface area contributed by atoms with E-state index in [1.165, 1.54) is 9.75 Å². The number of hydrogen-bond acceptors (Lipinski definition) is 4. The fraction of sp³-hybridized carbons (Fsp3) is 0.154. The zero-order valence-electron chi connectivity index (χ0n) is 17.3. The van der Waals surface area contributed by atoms with Gasteiger partial charge in [0.15, 0.2) is 11.6 Å². The molecule has 5 rings (SSSR count). The molecule has 2 nitrogen and oxygen atoms in total. The first-order chi connectivity index (χ1) is 14.4. The molecule has 2 heterocycles. The van der Waals surface area contributed by atoms with Crippen LogP contribution in [0, 0.1) is 13.8 Å². The summed E-state index contributed by atoms with van der Waals surface area (Å²) in [6.07, 6.45) is 0. The maximum absolute atomic E-state index is 13.6. The highest BCUT2D eigenvalue weighted by Gasteiger charge is 2.33. The molecule has 0 amide bonds. The molecule has 1 aliphatic carbocycles. The number of benzene rings is 2. The summed E-state index contributed by atoms with van der Waals surface area (Å²) in [6.45, 7) is 7.67. The molecule has 0 radical (unpaired) electrons. The van der Waals surface area contributed by atoms with Crippen LogP contribution >= 0.6 is 22.7 Å². The van der Waals surface area contributed by atoms with Crippen molar-refractivity contribution in [1.29, 1.82) is 0 Å². The molecule has 4 heteroatoms. The minimum Gasteiger partial charge on any atom is -0.289 e. The number of carbonyl (C=O) groups excluding carboxylic acids is 2. The molecule has 4 aromatic rings. The van der Waals surface area contributed by atoms with Crippen LogP contribution in [-0.2, 0) is 9.59 Å². The normalized spacial score (nSPS) is 15.2. The van der Waals surface area contributed by atoms with E-state index >= 15 is 0 Å². The molecule has 30 heavy (non-hydrogen) atoms. The molecule has 0 N–H and O–H groups in total. The largest absolute Gasteiger partial charge is 0.289 e. The third kappa shape index (κ3) is 2.75. The van der Waals surface area contributed by atoms with Crippen molar-refractivity contribution in [3.63, 3.8) is 0 Å². The average molecular weight is 429 g/mol. The maximum atomic E-state index is 13.6. The number of thiophene rings is 2. The molecular weight excluding hydrogens is 408 g/mol. The van der Waals surface area contributed by atoms with Crippen LogP contribution in [0.4, 0.5) is 0 Å². The SMILES string of the molecule is CC1=C(C)C(=O)C(c2cccc3sc(C)cc23)=C(c2cccc3sc(C)cc23)C1=O. The fourth-order valence-electron chi connectivity index (χ4n) is 4.27. The van der Waals surface area contributed by atoms with E-state index in [4.69, 9.17) is 0 Å². The molecule has 0 saturated carbocycles. The molecule has 0 fully saturated rings. The van der Waals surface area contributed by atoms with Crippen molar-refractivity contribution in [3.8, 4) is 0 Å². The molecule has 2 aromatic carbocycles. The van der Waals surface area contributed by atoms with E-state index < -0.39 is 0 Å². The Kier molecular flexibility index (Phi) is 4.38. The van der Waals surface area contributed by atoms with Crippen molar-refractivity contribution in [3.05, 3.63) is 80.6 Å². The second kappa shape index (κ2) is 6.86. The first kappa shape index (κ1) is 19.2. The highest BCUT2D eigenvalue weighted by Crippen LogP contribution is 2.43. The van der Waals surface area contributed by atoms with Crippen LogP contribution in [0.1, 0.15) is 34.7 Å². The molecule has 0 spiro atoms. The van der Waals surface area contributed by atoms with Crippen LogP contribution in [0.2, 0.25) is 0 Å². The van der Waals surface area contributed by atoms with Gasteiger partial charge in [0.2, 0.25) is 0 Å². The monoisotopic (exact) mass is 428 g/mol. The third-order valence-corrected chi connectivity index (χ3v) is 7.89. The number of ketones is 2. The summed E-state index contributed by atoms with van der Waals surface area (Å²) in [5, 5.41) is 2.07. The smallest absolute Gasteiger partial charge is 0.190 e. The Labute approximate surface area is 183 Å². The van der Waals surface area contributed by atoms with E-state index in [0.717, 1.165) is 31.3 Å². The summed E-state index contributed by atoms with van der Waals surface area (Å²) >= 11 is 3.41. The van der Waals surface area contributed by atoms with Crippen molar-refractivity contribution < 1.29 is 9.59 Å². The highest BCUT2D eigenvalue weighted by molar-refractivity contribution is 7.19. The lowest BCUT2D eigenvalue weighted by Crippen LogP contribution is -2.20. The van der Waals surface area contributed by atoms with Crippen molar-refractivity contribution >= 4 is 65.6 Å². The summed E-state index contributed by atoms with van der Waals surface area (Å²) in [7, 11) is 0. The zero-order chi connectivity index (χ0) is 21.2. The van der Waals surface area contributed by atoms with Crippen LogP contribution in [0.25, 0.3) is 31.3 Å². The molecular formula is C26H20O2S2. The minimum absolute atomic E-state index is 0.0533. The number of fused-ring (bicyclic) bond motifs is 2. The second-order valence-corrected chi connectivity index (χ2v) is 10.4. The molecule has 0 atom stereocenters. The first-order valence-electron chi connectivity index (χ1n) is 9.87. The zero-order valence-corrected chi connectivity index (χ0v) is 18.9. The van der Waals surface area contributed by atoms with Gasteiger partial charge in [0.25, 0.3) is 0 Å². The predicted octanol–water partition coefficient (Wildman–Crippen LogP) is 7.13. The van der Waals surface area contributed by atoms with Gasteiger partial charge in [-0.2, -0.15) is 0 Å². The van der Waals surface area contributed by atoms with Gasteiger partial charge in [0.1, 0.15) is 0 Å². The Morgan fingerprint density at radius 1 is 0.600 bits per heavy atom. The molecule has 148 valence electrons. The Balaban J connectivity index is 1.93. The lowest BCUT2D eigenvalue weighted by atomic mass is 9.78. The summed E-state index contributed by atoms with van der Waals surface area (Å²) < 4.78 is 2.26. The quantitative estimate of drug-likeness (QED) is 0.318. The number of allylic oxidation sites excluding steroid dienone is 4. The molecule has 0 bridgehead atoms. The van der Waals surface area contributed by atoms with Crippen molar-refractivity contribution in [2.75, 3.05) is 0 Å². The van der Waals surface area contributed by atoms with E-state index in [9.17, 15) is 9.59 Å². The van der Waals surface area contributed by atoms with Crippen molar-refractivity contribution in [2.24, 2.45) is 0 Å². The van der Waals surface area contributed by atoms with Crippen molar-refractivity contribution in [1.82, 2.24) is 0 Å². The van der Waals surface area contributed by atoms with Gasteiger partial charge in [-0.05, 0) is 63.1 Å². The van der Waals surface area contributed by atoms with Gasteiger partial charge in [0.05, 0.1) is 0 Å². The summed E-state index contributed by atoms with van der Waals surface area (Å²) in [5.41, 5.74) is 3.83. The molecule has 0 aliphatic heterocycles. The molecule has 0 saturated heterocycles. The standard InChI is InChI=1S/C26H20O2S2/c1-13-11-19-17(7-5-9-21(19)29-13)23-24(26(28)16(4)15(3)25(23)27)18-8-6-10-22-20(18)12-14(2)30-22/h5-12H,1-4H3. The average Bonchev–Trinajstić information content (AvgIpc) is 3.29. The van der Waals surface area contributed by atoms with Gasteiger partial charge in [-0.15, -0.1) is 22.7 Å². The van der Waals surface area contributed by atoms with Gasteiger partial charge < -0.3 is 0 Å². The van der Waals surface area contributed by atoms with E-state index in [2.05, 4.69) is 38.1 Å². The number of Topliss-reactive ketones (excluding diaryl/α,β-unsaturated/α-hetero) is 2. The number of carbonyl (C=O) groups is 2. The van der Waals surface area contributed by atoms with Gasteiger partial charge in [-0.1, -0.05) is 24.3 Å². The van der Waals surface area contributed by atoms with Crippen LogP contribution in [0.3, 0.4) is 0 Å². The number of rotatable bonds is 2. The number of aryl methyl sites for hydroxylation is 2. The molecule has 0 unspecified atom stereocenters. The Hall–Kier alpha value is -2.82. The van der Waals surface area contributed by atoms with E-state index in [1.807, 2.05) is 24.3 Å². The third-order valence-electron chi connectivity index (χ3n) is 5.86. The minimum atomic E-state index is -0.0533. The maximum Gasteiger partial charge on any atom is 0.190 e. The Morgan fingerprint density at radius 3 is 1.40 bits per heavy atom. The van der Waals surface area contributed by atoms with E-state index in [0.29, 0.717) is 22.3 Å². The van der Waals surface area contributed by atoms with Crippen LogP contribution < -0.4 is 0 Å². The number of hydrogen-bond donors (Lipinski definition) is 0. The fourth-order valence-corrected chi connectivity index (χ4v) is 6.17. The Morgan fingerprint density at radius 2 is 1.00 bits per heavy atom. The van der Waals surface area contributed by atoms with Crippen LogP contribution in [-0.4, -0.2) is 11.6 Å². The lowest BCUT2D eigenvalue weighted by molar-refractivity contribution is -0.113. The lowest BCUT2D eigenvalue weighted by Gasteiger charge is -2.22. The second-order valence-electron chi connectivity index (χ2n) is 7.81. The summed E-state index contributed by atoms with van der Waals surface area (Å²) in [4.78, 5) is 29.6. The van der Waals surface area contributed by atoms with Crippen LogP contribution in [0.5, 0.6) is 0 Å². The van der Waals surface area contributed by atoms with Crippen LogP contribution in [0.15, 0.2) is 59.7 Å². The highest BCUT2D eigenvalue weighted by atomic mass is 32.1. The topological polar surface area (TPSA) is 34.1 Å². The molecule has 1 aliphatic rings. The van der Waals surface area contributed by atoms with Gasteiger partial charge >= 0.3 is 0 Å². The predicted molar refractivity (Wildman–Crippen MR) is 128 cm³/mol. The van der Waals surface area contributed by atoms with Gasteiger partial charge in [-0.3, -0.25) is 9.59 Å². The Bertz CT molecular complexity index is 1350. The summed E-state index contributed by atoms with van der Waals surface area (Å²) in [5.74, 6) is -0.107. The van der Waals surface area contributed by atoms with Gasteiger partial charge in [0, 0.05) is 52.2 Å². The summed E-state index contributed by atoms with van der Waals surface area (Å²) in [6, 6.07) is 16.3. The molecule has 2 aromatic heterocycles. The first-order valence-corrected chi connectivity index (χ1v) is 11.5. The van der Waals surface area contributed by atoms with Crippen molar-refractivity contribution in [2.45, 2.75) is 27.7 Å².